The lowest BCUT2D eigenvalue weighted by Crippen LogP contribution is -2.48. The average molecular weight is 415 g/mol. The number of piperazine rings is 1. The Hall–Kier alpha value is -0.530. The number of rotatable bonds is 4. The molecule has 1 saturated carbocycles. The Morgan fingerprint density at radius 3 is 2.40 bits per heavy atom. The van der Waals surface area contributed by atoms with Crippen LogP contribution in [0.25, 0.3) is 0 Å². The van der Waals surface area contributed by atoms with Crippen LogP contribution in [0.1, 0.15) is 31.2 Å². The van der Waals surface area contributed by atoms with E-state index in [-0.39, 0.29) is 43.3 Å². The van der Waals surface area contributed by atoms with Crippen molar-refractivity contribution >= 4 is 43.1 Å². The minimum atomic E-state index is 0. The molecule has 2 heterocycles. The molecule has 2 aliphatic rings. The summed E-state index contributed by atoms with van der Waals surface area (Å²) in [7, 11) is 1.94. The smallest absolute Gasteiger partial charge is 0.222 e. The first kappa shape index (κ1) is 24.5. The summed E-state index contributed by atoms with van der Waals surface area (Å²) < 4.78 is 1.83. The van der Waals surface area contributed by atoms with Crippen LogP contribution in [0.3, 0.4) is 0 Å². The topological polar surface area (TPSA) is 67.4 Å². The molecule has 1 aromatic heterocycles. The van der Waals surface area contributed by atoms with Crippen molar-refractivity contribution < 1.29 is 4.79 Å². The highest BCUT2D eigenvalue weighted by Crippen LogP contribution is 2.27. The Labute approximate surface area is 168 Å². The highest BCUT2D eigenvalue weighted by Gasteiger charge is 2.29. The van der Waals surface area contributed by atoms with Gasteiger partial charge in [0.2, 0.25) is 5.91 Å². The first-order valence-electron chi connectivity index (χ1n) is 8.35. The number of nitrogens with zero attached hydrogens (tertiary/aromatic N) is 4. The molecule has 1 aromatic rings. The second kappa shape index (κ2) is 11.2. The molecule has 0 bridgehead atoms. The third-order valence-corrected chi connectivity index (χ3v) is 5.04. The molecular weight excluding hydrogens is 385 g/mol. The van der Waals surface area contributed by atoms with Crippen molar-refractivity contribution in [1.82, 2.24) is 19.6 Å². The molecule has 1 amide bonds. The molecule has 6 nitrogen and oxygen atoms in total. The summed E-state index contributed by atoms with van der Waals surface area (Å²) in [6.45, 7) is 4.47. The van der Waals surface area contributed by atoms with Crippen molar-refractivity contribution in [3.8, 4) is 0 Å². The van der Waals surface area contributed by atoms with E-state index in [1.807, 2.05) is 22.8 Å². The van der Waals surface area contributed by atoms with Crippen molar-refractivity contribution in [3.63, 3.8) is 0 Å². The number of nitrogens with two attached hydrogens (primary N) is 1. The van der Waals surface area contributed by atoms with Crippen molar-refractivity contribution in [3.05, 3.63) is 18.0 Å². The molecule has 2 atom stereocenters. The summed E-state index contributed by atoms with van der Waals surface area (Å²) in [5.41, 5.74) is 7.32. The van der Waals surface area contributed by atoms with Crippen LogP contribution in [0.15, 0.2) is 12.4 Å². The van der Waals surface area contributed by atoms with E-state index in [0.717, 1.165) is 45.6 Å². The van der Waals surface area contributed by atoms with E-state index in [1.165, 1.54) is 12.0 Å². The Bertz CT molecular complexity index is 520. The van der Waals surface area contributed by atoms with E-state index in [2.05, 4.69) is 16.2 Å². The molecule has 2 N–H and O–H groups in total. The predicted octanol–water partition coefficient (Wildman–Crippen LogP) is 1.85. The molecule has 9 heteroatoms. The lowest BCUT2D eigenvalue weighted by molar-refractivity contribution is -0.134. The number of carbonyl (C=O) groups is 1. The van der Waals surface area contributed by atoms with Crippen molar-refractivity contribution in [2.45, 2.75) is 38.3 Å². The molecule has 3 rings (SSSR count). The molecule has 0 spiro atoms. The van der Waals surface area contributed by atoms with Gasteiger partial charge in [0.05, 0.1) is 6.20 Å². The molecule has 1 aliphatic heterocycles. The normalized spacial score (nSPS) is 23.4. The SMILES string of the molecule is Cl.Cl.Cl.Cn1cc(CN2CCN(C(=O)C[C@@H]3CCC[C@H]3N)CC2)cn1. The van der Waals surface area contributed by atoms with Gasteiger partial charge in [-0.2, -0.15) is 5.10 Å². The zero-order valence-electron chi connectivity index (χ0n) is 14.7. The molecule has 25 heavy (non-hydrogen) atoms. The van der Waals surface area contributed by atoms with Gasteiger partial charge in [-0.1, -0.05) is 6.42 Å². The number of carbonyl (C=O) groups excluding carboxylic acids is 1. The molecule has 1 aliphatic carbocycles. The van der Waals surface area contributed by atoms with Gasteiger partial charge < -0.3 is 10.6 Å². The number of hydrogen-bond donors (Lipinski definition) is 1. The van der Waals surface area contributed by atoms with E-state index in [9.17, 15) is 4.79 Å². The van der Waals surface area contributed by atoms with Gasteiger partial charge in [0.15, 0.2) is 0 Å². The zero-order valence-corrected chi connectivity index (χ0v) is 17.1. The molecule has 0 unspecified atom stereocenters. The largest absolute Gasteiger partial charge is 0.340 e. The van der Waals surface area contributed by atoms with Crippen LogP contribution in [0.4, 0.5) is 0 Å². The second-order valence-electron chi connectivity index (χ2n) is 6.74. The van der Waals surface area contributed by atoms with Crippen LogP contribution >= 0.6 is 37.2 Å². The fourth-order valence-electron chi connectivity index (χ4n) is 3.64. The number of amides is 1. The van der Waals surface area contributed by atoms with Crippen LogP contribution in [-0.2, 0) is 18.4 Å². The van der Waals surface area contributed by atoms with Gasteiger partial charge in [-0.05, 0) is 18.8 Å². The molecule has 146 valence electrons. The average Bonchev–Trinajstić information content (AvgIpc) is 3.09. The summed E-state index contributed by atoms with van der Waals surface area (Å²) in [6, 6.07) is 0.232. The number of aromatic nitrogens is 2. The minimum absolute atomic E-state index is 0. The fraction of sp³-hybridized carbons (Fsp3) is 0.750. The summed E-state index contributed by atoms with van der Waals surface area (Å²) >= 11 is 0. The van der Waals surface area contributed by atoms with Gasteiger partial charge in [0, 0.05) is 64.0 Å². The number of aryl methyl sites for hydroxylation is 1. The minimum Gasteiger partial charge on any atom is -0.340 e. The fourth-order valence-corrected chi connectivity index (χ4v) is 3.64. The Morgan fingerprint density at radius 1 is 1.20 bits per heavy atom. The van der Waals surface area contributed by atoms with Crippen molar-refractivity contribution in [2.75, 3.05) is 26.2 Å². The summed E-state index contributed by atoms with van der Waals surface area (Å²) in [5.74, 6) is 0.698. The molecule has 0 aromatic carbocycles. The number of halogens is 3. The second-order valence-corrected chi connectivity index (χ2v) is 6.74. The maximum absolute atomic E-state index is 12.4. The highest BCUT2D eigenvalue weighted by atomic mass is 35.5. The number of hydrogen-bond acceptors (Lipinski definition) is 4. The quantitative estimate of drug-likeness (QED) is 0.816. The Morgan fingerprint density at radius 2 is 1.88 bits per heavy atom. The first-order valence-corrected chi connectivity index (χ1v) is 8.35. The van der Waals surface area contributed by atoms with E-state index < -0.39 is 0 Å². The van der Waals surface area contributed by atoms with Crippen LogP contribution in [-0.4, -0.2) is 57.7 Å². The van der Waals surface area contributed by atoms with Gasteiger partial charge in [0.1, 0.15) is 0 Å². The van der Waals surface area contributed by atoms with Crippen LogP contribution in [0.5, 0.6) is 0 Å². The lowest BCUT2D eigenvalue weighted by Gasteiger charge is -2.35. The van der Waals surface area contributed by atoms with Crippen molar-refractivity contribution in [2.24, 2.45) is 18.7 Å². The summed E-state index contributed by atoms with van der Waals surface area (Å²) in [4.78, 5) is 16.8. The Balaban J connectivity index is 0.00000192. The monoisotopic (exact) mass is 413 g/mol. The third-order valence-electron chi connectivity index (χ3n) is 5.04. The van der Waals surface area contributed by atoms with E-state index >= 15 is 0 Å². The van der Waals surface area contributed by atoms with Crippen molar-refractivity contribution in [1.29, 1.82) is 0 Å². The lowest BCUT2D eigenvalue weighted by atomic mass is 9.99. The van der Waals surface area contributed by atoms with E-state index in [1.54, 1.807) is 0 Å². The van der Waals surface area contributed by atoms with Crippen LogP contribution < -0.4 is 5.73 Å². The predicted molar refractivity (Wildman–Crippen MR) is 107 cm³/mol. The molecular formula is C16H30Cl3N5O. The van der Waals surface area contributed by atoms with Gasteiger partial charge >= 0.3 is 0 Å². The standard InChI is InChI=1S/C16H27N5O.3ClH/c1-19-11-13(10-18-19)12-20-5-7-21(8-6-20)16(22)9-14-3-2-4-15(14)17;;;/h10-11,14-15H,2-9,12,17H2,1H3;3*1H/t14-,15+;;;/m0.../s1. The summed E-state index contributed by atoms with van der Waals surface area (Å²) in [5, 5.41) is 4.20. The molecule has 0 radical (unpaired) electrons. The van der Waals surface area contributed by atoms with Crippen LogP contribution in [0.2, 0.25) is 0 Å². The van der Waals surface area contributed by atoms with E-state index in [0.29, 0.717) is 18.2 Å². The maximum atomic E-state index is 12.4. The van der Waals surface area contributed by atoms with Gasteiger partial charge in [-0.15, -0.1) is 37.2 Å². The van der Waals surface area contributed by atoms with Gasteiger partial charge in [-0.25, -0.2) is 0 Å². The van der Waals surface area contributed by atoms with E-state index in [4.69, 9.17) is 5.73 Å². The first-order chi connectivity index (χ1) is 10.6. The molecule has 1 saturated heterocycles. The van der Waals surface area contributed by atoms with Crippen LogP contribution in [0, 0.1) is 5.92 Å². The summed E-state index contributed by atoms with van der Waals surface area (Å²) in [6.07, 6.45) is 7.99. The van der Waals surface area contributed by atoms with Gasteiger partial charge in [-0.3, -0.25) is 14.4 Å². The highest BCUT2D eigenvalue weighted by molar-refractivity contribution is 5.86. The zero-order chi connectivity index (χ0) is 15.5. The Kier molecular flexibility index (Phi) is 11.0. The van der Waals surface area contributed by atoms with Gasteiger partial charge in [0.25, 0.3) is 0 Å². The maximum Gasteiger partial charge on any atom is 0.222 e. The molecule has 2 fully saturated rings. The third kappa shape index (κ3) is 6.61.